The minimum atomic E-state index is -0.429. The quantitative estimate of drug-likeness (QED) is 0.918. The highest BCUT2D eigenvalue weighted by molar-refractivity contribution is 7.18. The molecule has 3 rings (SSSR count). The van der Waals surface area contributed by atoms with Gasteiger partial charge in [-0.2, -0.15) is 0 Å². The number of piperidine rings is 1. The fourth-order valence-electron chi connectivity index (χ4n) is 2.98. The van der Waals surface area contributed by atoms with Crippen LogP contribution in [-0.2, 0) is 4.79 Å². The smallest absolute Gasteiger partial charge is 0.240 e. The third-order valence-corrected chi connectivity index (χ3v) is 5.86. The van der Waals surface area contributed by atoms with Gasteiger partial charge >= 0.3 is 0 Å². The number of carbonyl (C=O) groups is 1. The zero-order chi connectivity index (χ0) is 16.6. The van der Waals surface area contributed by atoms with Gasteiger partial charge in [0.25, 0.3) is 0 Å². The lowest BCUT2D eigenvalue weighted by Crippen LogP contribution is -2.52. The summed E-state index contributed by atoms with van der Waals surface area (Å²) < 4.78 is 1.25. The van der Waals surface area contributed by atoms with E-state index in [0.717, 1.165) is 31.4 Å². The SMILES string of the molecule is CC(C)(C)[C@H](N)C(=O)N1CCC(c2nc3ccccc3s2)CC1. The molecular formula is C18H25N3OS. The normalized spacial score (nSPS) is 18.3. The van der Waals surface area contributed by atoms with Crippen LogP contribution in [0, 0.1) is 5.41 Å². The molecule has 124 valence electrons. The molecule has 0 spiro atoms. The first-order valence-electron chi connectivity index (χ1n) is 8.26. The van der Waals surface area contributed by atoms with Crippen LogP contribution in [0.5, 0.6) is 0 Å². The summed E-state index contributed by atoms with van der Waals surface area (Å²) in [5.41, 5.74) is 7.01. The molecule has 0 unspecified atom stereocenters. The van der Waals surface area contributed by atoms with Crippen molar-refractivity contribution in [1.29, 1.82) is 0 Å². The Morgan fingerprint density at radius 1 is 1.30 bits per heavy atom. The van der Waals surface area contributed by atoms with E-state index in [2.05, 4.69) is 18.2 Å². The number of carbonyl (C=O) groups excluding carboxylic acids is 1. The van der Waals surface area contributed by atoms with Crippen molar-refractivity contribution in [2.45, 2.75) is 45.6 Å². The molecule has 23 heavy (non-hydrogen) atoms. The highest BCUT2D eigenvalue weighted by Crippen LogP contribution is 2.34. The summed E-state index contributed by atoms with van der Waals surface area (Å²) in [5.74, 6) is 0.544. The van der Waals surface area contributed by atoms with Gasteiger partial charge in [-0.1, -0.05) is 32.9 Å². The average Bonchev–Trinajstić information content (AvgIpc) is 2.96. The lowest BCUT2D eigenvalue weighted by molar-refractivity contribution is -0.136. The fraction of sp³-hybridized carbons (Fsp3) is 0.556. The molecule has 1 aromatic heterocycles. The number of rotatable bonds is 2. The Kier molecular flexibility index (Phi) is 4.43. The van der Waals surface area contributed by atoms with Gasteiger partial charge < -0.3 is 10.6 Å². The first-order valence-corrected chi connectivity index (χ1v) is 9.08. The Morgan fingerprint density at radius 2 is 1.96 bits per heavy atom. The molecule has 0 saturated carbocycles. The number of aromatic nitrogens is 1. The first-order chi connectivity index (χ1) is 10.9. The molecule has 2 heterocycles. The van der Waals surface area contributed by atoms with Crippen LogP contribution in [0.15, 0.2) is 24.3 Å². The largest absolute Gasteiger partial charge is 0.341 e. The van der Waals surface area contributed by atoms with Gasteiger partial charge in [-0.15, -0.1) is 11.3 Å². The summed E-state index contributed by atoms with van der Waals surface area (Å²) in [7, 11) is 0. The van der Waals surface area contributed by atoms with Gasteiger partial charge in [-0.3, -0.25) is 4.79 Å². The minimum Gasteiger partial charge on any atom is -0.341 e. The average molecular weight is 331 g/mol. The van der Waals surface area contributed by atoms with Crippen molar-refractivity contribution < 1.29 is 4.79 Å². The second-order valence-corrected chi connectivity index (χ2v) is 8.53. The Morgan fingerprint density at radius 3 is 2.57 bits per heavy atom. The zero-order valence-corrected chi connectivity index (χ0v) is 14.9. The van der Waals surface area contributed by atoms with E-state index in [1.54, 1.807) is 11.3 Å². The number of hydrogen-bond acceptors (Lipinski definition) is 4. The Hall–Kier alpha value is -1.46. The van der Waals surface area contributed by atoms with Gasteiger partial charge in [-0.25, -0.2) is 4.98 Å². The van der Waals surface area contributed by atoms with Crippen molar-refractivity contribution in [3.8, 4) is 0 Å². The molecule has 5 heteroatoms. The number of para-hydroxylation sites is 1. The monoisotopic (exact) mass is 331 g/mol. The van der Waals surface area contributed by atoms with Crippen molar-refractivity contribution in [1.82, 2.24) is 9.88 Å². The number of thiazole rings is 1. The third kappa shape index (κ3) is 3.40. The van der Waals surface area contributed by atoms with Gasteiger partial charge in [-0.05, 0) is 30.4 Å². The van der Waals surface area contributed by atoms with Crippen LogP contribution < -0.4 is 5.73 Å². The molecule has 1 fully saturated rings. The number of likely N-dealkylation sites (tertiary alicyclic amines) is 1. The molecule has 0 radical (unpaired) electrons. The molecule has 1 amide bonds. The maximum absolute atomic E-state index is 12.5. The van der Waals surface area contributed by atoms with Crippen LogP contribution in [0.3, 0.4) is 0 Å². The molecular weight excluding hydrogens is 306 g/mol. The second kappa shape index (κ2) is 6.21. The molecule has 2 aromatic rings. The summed E-state index contributed by atoms with van der Waals surface area (Å²) in [5, 5.41) is 1.21. The molecule has 1 aliphatic rings. The van der Waals surface area contributed by atoms with Crippen molar-refractivity contribution in [3.05, 3.63) is 29.3 Å². The maximum Gasteiger partial charge on any atom is 0.240 e. The summed E-state index contributed by atoms with van der Waals surface area (Å²) >= 11 is 1.78. The highest BCUT2D eigenvalue weighted by Gasteiger charge is 2.33. The third-order valence-electron chi connectivity index (χ3n) is 4.67. The predicted octanol–water partition coefficient (Wildman–Crippen LogP) is 3.38. The lowest BCUT2D eigenvalue weighted by Gasteiger charge is -2.36. The van der Waals surface area contributed by atoms with E-state index < -0.39 is 6.04 Å². The summed E-state index contributed by atoms with van der Waals surface area (Å²) in [6, 6.07) is 7.84. The molecule has 1 atom stereocenters. The van der Waals surface area contributed by atoms with Crippen molar-refractivity contribution in [3.63, 3.8) is 0 Å². The van der Waals surface area contributed by atoms with Crippen molar-refractivity contribution in [2.24, 2.45) is 11.1 Å². The Labute approximate surface area is 141 Å². The van der Waals surface area contributed by atoms with Crippen molar-refractivity contribution in [2.75, 3.05) is 13.1 Å². The number of fused-ring (bicyclic) bond motifs is 1. The summed E-state index contributed by atoms with van der Waals surface area (Å²) in [4.78, 5) is 19.2. The number of hydrogen-bond donors (Lipinski definition) is 1. The van der Waals surface area contributed by atoms with Crippen LogP contribution >= 0.6 is 11.3 Å². The Balaban J connectivity index is 1.65. The number of nitrogens with two attached hydrogens (primary N) is 1. The van der Waals surface area contributed by atoms with E-state index >= 15 is 0 Å². The van der Waals surface area contributed by atoms with E-state index in [1.165, 1.54) is 9.71 Å². The minimum absolute atomic E-state index is 0.0836. The van der Waals surface area contributed by atoms with E-state index in [0.29, 0.717) is 5.92 Å². The molecule has 2 N–H and O–H groups in total. The number of nitrogens with zero attached hydrogens (tertiary/aromatic N) is 2. The number of amides is 1. The van der Waals surface area contributed by atoms with Gasteiger partial charge in [0.1, 0.15) is 0 Å². The number of benzene rings is 1. The second-order valence-electron chi connectivity index (χ2n) is 7.46. The van der Waals surface area contributed by atoms with E-state index in [1.807, 2.05) is 31.7 Å². The molecule has 4 nitrogen and oxygen atoms in total. The van der Waals surface area contributed by atoms with Crippen LogP contribution in [0.1, 0.15) is 44.5 Å². The molecule has 0 aliphatic carbocycles. The first kappa shape index (κ1) is 16.4. The van der Waals surface area contributed by atoms with Crippen LogP contribution in [0.25, 0.3) is 10.2 Å². The van der Waals surface area contributed by atoms with Crippen molar-refractivity contribution >= 4 is 27.5 Å². The van der Waals surface area contributed by atoms with Gasteiger partial charge in [0, 0.05) is 19.0 Å². The van der Waals surface area contributed by atoms with E-state index in [-0.39, 0.29) is 11.3 Å². The molecule has 0 bridgehead atoms. The van der Waals surface area contributed by atoms with Gasteiger partial charge in [0.05, 0.1) is 21.3 Å². The predicted molar refractivity (Wildman–Crippen MR) is 95.6 cm³/mol. The molecule has 1 saturated heterocycles. The van der Waals surface area contributed by atoms with Gasteiger partial charge in [0.2, 0.25) is 5.91 Å². The fourth-order valence-corrected chi connectivity index (χ4v) is 4.12. The van der Waals surface area contributed by atoms with E-state index in [4.69, 9.17) is 10.7 Å². The summed E-state index contributed by atoms with van der Waals surface area (Å²) in [6.45, 7) is 7.61. The van der Waals surface area contributed by atoms with Gasteiger partial charge in [0.15, 0.2) is 0 Å². The lowest BCUT2D eigenvalue weighted by atomic mass is 9.86. The van der Waals surface area contributed by atoms with Crippen LogP contribution in [-0.4, -0.2) is 34.9 Å². The van der Waals surface area contributed by atoms with Crippen LogP contribution in [0.4, 0.5) is 0 Å². The molecule has 1 aromatic carbocycles. The standard InChI is InChI=1S/C18H25N3OS/c1-18(2,3)15(19)17(22)21-10-8-12(9-11-21)16-20-13-6-4-5-7-14(13)23-16/h4-7,12,15H,8-11,19H2,1-3H3/t15-/m1/s1. The highest BCUT2D eigenvalue weighted by atomic mass is 32.1. The maximum atomic E-state index is 12.5. The summed E-state index contributed by atoms with van der Waals surface area (Å²) in [6.07, 6.45) is 1.95. The zero-order valence-electron chi connectivity index (χ0n) is 14.1. The molecule has 1 aliphatic heterocycles. The topological polar surface area (TPSA) is 59.2 Å². The van der Waals surface area contributed by atoms with Crippen LogP contribution in [0.2, 0.25) is 0 Å². The van der Waals surface area contributed by atoms with E-state index in [9.17, 15) is 4.79 Å². The Bertz CT molecular complexity index is 663.